The van der Waals surface area contributed by atoms with Crippen LogP contribution in [0, 0.1) is 0 Å². The number of nitrogens with zero attached hydrogens (tertiary/aromatic N) is 2. The Morgan fingerprint density at radius 1 is 1.17 bits per heavy atom. The number of fused-ring (bicyclic) bond motifs is 2. The summed E-state index contributed by atoms with van der Waals surface area (Å²) in [6.45, 7) is 2.74. The molecule has 2 aromatic carbocycles. The zero-order valence-corrected chi connectivity index (χ0v) is 16.7. The highest BCUT2D eigenvalue weighted by Gasteiger charge is 2.18. The lowest BCUT2D eigenvalue weighted by Crippen LogP contribution is -2.15. The van der Waals surface area contributed by atoms with Crippen LogP contribution in [-0.2, 0) is 16.1 Å². The van der Waals surface area contributed by atoms with E-state index in [4.69, 9.17) is 14.2 Å². The standard InChI is InChI=1S/C21H20N2O5S/c1-2-9-23-16-6-4-3-5-15(16)22-21(23)29-12-20(25)26-11-17(24)14-7-8-18-19(10-14)28-13-27-18/h3-8,10H,2,9,11-13H2,1H3. The van der Waals surface area contributed by atoms with E-state index in [9.17, 15) is 9.59 Å². The third-order valence-electron chi connectivity index (χ3n) is 4.44. The van der Waals surface area contributed by atoms with E-state index in [0.717, 1.165) is 29.2 Å². The van der Waals surface area contributed by atoms with Crippen LogP contribution < -0.4 is 9.47 Å². The number of Topliss-reactive ketones (excluding diaryl/α,β-unsaturated/α-hetero) is 1. The fraction of sp³-hybridized carbons (Fsp3) is 0.286. The second-order valence-electron chi connectivity index (χ2n) is 6.48. The van der Waals surface area contributed by atoms with Crippen molar-refractivity contribution in [3.05, 3.63) is 48.0 Å². The largest absolute Gasteiger partial charge is 0.457 e. The van der Waals surface area contributed by atoms with Gasteiger partial charge in [-0.1, -0.05) is 30.8 Å². The van der Waals surface area contributed by atoms with E-state index in [1.807, 2.05) is 24.3 Å². The maximum atomic E-state index is 12.3. The Morgan fingerprint density at radius 3 is 2.86 bits per heavy atom. The number of carbonyl (C=O) groups is 2. The first-order valence-electron chi connectivity index (χ1n) is 9.32. The van der Waals surface area contributed by atoms with Crippen molar-refractivity contribution in [3.8, 4) is 11.5 Å². The molecule has 1 aliphatic heterocycles. The summed E-state index contributed by atoms with van der Waals surface area (Å²) in [6.07, 6.45) is 0.961. The van der Waals surface area contributed by atoms with Crippen LogP contribution in [0.1, 0.15) is 23.7 Å². The summed E-state index contributed by atoms with van der Waals surface area (Å²) in [7, 11) is 0. The van der Waals surface area contributed by atoms with E-state index >= 15 is 0 Å². The number of para-hydroxylation sites is 2. The molecule has 0 aliphatic carbocycles. The van der Waals surface area contributed by atoms with E-state index in [-0.39, 0.29) is 24.9 Å². The molecule has 0 N–H and O–H groups in total. The number of hydrogen-bond acceptors (Lipinski definition) is 7. The van der Waals surface area contributed by atoms with Crippen molar-refractivity contribution in [2.24, 2.45) is 0 Å². The third-order valence-corrected chi connectivity index (χ3v) is 5.39. The first kappa shape index (κ1) is 19.3. The summed E-state index contributed by atoms with van der Waals surface area (Å²) in [5.74, 6) is 0.457. The molecular weight excluding hydrogens is 392 g/mol. The van der Waals surface area contributed by atoms with Crippen LogP contribution in [0.25, 0.3) is 11.0 Å². The fourth-order valence-electron chi connectivity index (χ4n) is 3.07. The number of benzene rings is 2. The van der Waals surface area contributed by atoms with Gasteiger partial charge in [0.15, 0.2) is 29.0 Å². The Balaban J connectivity index is 1.34. The van der Waals surface area contributed by atoms with Crippen LogP contribution in [0.5, 0.6) is 11.5 Å². The minimum atomic E-state index is -0.459. The van der Waals surface area contributed by atoms with Gasteiger partial charge >= 0.3 is 5.97 Å². The number of aryl methyl sites for hydroxylation is 1. The minimum absolute atomic E-state index is 0.0848. The number of hydrogen-bond donors (Lipinski definition) is 0. The molecular formula is C21H20N2O5S. The number of esters is 1. The molecule has 0 amide bonds. The highest BCUT2D eigenvalue weighted by molar-refractivity contribution is 7.99. The first-order valence-corrected chi connectivity index (χ1v) is 10.3. The number of thioether (sulfide) groups is 1. The molecule has 2 heterocycles. The van der Waals surface area contributed by atoms with Crippen molar-refractivity contribution in [3.63, 3.8) is 0 Å². The fourth-order valence-corrected chi connectivity index (χ4v) is 3.91. The summed E-state index contributed by atoms with van der Waals surface area (Å²) in [6, 6.07) is 12.8. The van der Waals surface area contributed by atoms with Crippen LogP contribution >= 0.6 is 11.8 Å². The molecule has 1 aliphatic rings. The average Bonchev–Trinajstić information content (AvgIpc) is 3.35. The van der Waals surface area contributed by atoms with Crippen LogP contribution in [0.3, 0.4) is 0 Å². The smallest absolute Gasteiger partial charge is 0.316 e. The van der Waals surface area contributed by atoms with E-state index in [1.165, 1.54) is 11.8 Å². The predicted octanol–water partition coefficient (Wildman–Crippen LogP) is 3.69. The molecule has 0 unspecified atom stereocenters. The quantitative estimate of drug-likeness (QED) is 0.317. The van der Waals surface area contributed by atoms with Gasteiger partial charge in [-0.15, -0.1) is 0 Å². The Labute approximate surface area is 172 Å². The van der Waals surface area contributed by atoms with Crippen LogP contribution in [0.15, 0.2) is 47.6 Å². The van der Waals surface area contributed by atoms with Crippen molar-refractivity contribution in [1.82, 2.24) is 9.55 Å². The molecule has 7 nitrogen and oxygen atoms in total. The lowest BCUT2D eigenvalue weighted by molar-refractivity contribution is -0.139. The lowest BCUT2D eigenvalue weighted by atomic mass is 10.1. The van der Waals surface area contributed by atoms with E-state index in [0.29, 0.717) is 17.1 Å². The number of carbonyl (C=O) groups excluding carboxylic acids is 2. The van der Waals surface area contributed by atoms with Crippen molar-refractivity contribution in [1.29, 1.82) is 0 Å². The summed E-state index contributed by atoms with van der Waals surface area (Å²) in [5, 5.41) is 0.770. The van der Waals surface area contributed by atoms with Gasteiger partial charge < -0.3 is 18.8 Å². The highest BCUT2D eigenvalue weighted by atomic mass is 32.2. The maximum absolute atomic E-state index is 12.3. The SMILES string of the molecule is CCCn1c(SCC(=O)OCC(=O)c2ccc3c(c2)OCO3)nc2ccccc21. The molecule has 3 aromatic rings. The van der Waals surface area contributed by atoms with Gasteiger partial charge in [0, 0.05) is 12.1 Å². The summed E-state index contributed by atoms with van der Waals surface area (Å²) < 4.78 is 17.7. The van der Waals surface area contributed by atoms with Gasteiger partial charge in [-0.05, 0) is 36.8 Å². The highest BCUT2D eigenvalue weighted by Crippen LogP contribution is 2.32. The number of ether oxygens (including phenoxy) is 3. The maximum Gasteiger partial charge on any atom is 0.316 e. The molecule has 0 saturated carbocycles. The Morgan fingerprint density at radius 2 is 2.00 bits per heavy atom. The molecule has 1 aromatic heterocycles. The van der Waals surface area contributed by atoms with Gasteiger partial charge in [-0.25, -0.2) is 4.98 Å². The van der Waals surface area contributed by atoms with E-state index in [2.05, 4.69) is 16.5 Å². The summed E-state index contributed by atoms with van der Waals surface area (Å²) >= 11 is 1.31. The Kier molecular flexibility index (Phi) is 5.71. The molecule has 0 radical (unpaired) electrons. The van der Waals surface area contributed by atoms with Gasteiger partial charge in [0.05, 0.1) is 16.8 Å². The second kappa shape index (κ2) is 8.57. The van der Waals surface area contributed by atoms with Crippen molar-refractivity contribution in [2.45, 2.75) is 25.0 Å². The predicted molar refractivity (Wildman–Crippen MR) is 109 cm³/mol. The number of imidazole rings is 1. The normalized spacial score (nSPS) is 12.3. The number of aromatic nitrogens is 2. The molecule has 0 bridgehead atoms. The topological polar surface area (TPSA) is 79.7 Å². The van der Waals surface area contributed by atoms with Crippen molar-refractivity contribution < 1.29 is 23.8 Å². The number of rotatable bonds is 8. The molecule has 8 heteroatoms. The molecule has 29 heavy (non-hydrogen) atoms. The summed E-state index contributed by atoms with van der Waals surface area (Å²) in [4.78, 5) is 29.0. The summed E-state index contributed by atoms with van der Waals surface area (Å²) in [5.41, 5.74) is 2.36. The van der Waals surface area contributed by atoms with Gasteiger partial charge in [0.25, 0.3) is 0 Å². The molecule has 150 valence electrons. The van der Waals surface area contributed by atoms with Crippen LogP contribution in [-0.4, -0.2) is 40.5 Å². The lowest BCUT2D eigenvalue weighted by Gasteiger charge is -2.07. The molecule has 0 atom stereocenters. The average molecular weight is 412 g/mol. The molecule has 4 rings (SSSR count). The monoisotopic (exact) mass is 412 g/mol. The third kappa shape index (κ3) is 4.22. The van der Waals surface area contributed by atoms with Gasteiger partial charge in [0.2, 0.25) is 6.79 Å². The van der Waals surface area contributed by atoms with Gasteiger partial charge in [0.1, 0.15) is 0 Å². The minimum Gasteiger partial charge on any atom is -0.457 e. The molecule has 0 saturated heterocycles. The Bertz CT molecular complexity index is 1060. The van der Waals surface area contributed by atoms with E-state index < -0.39 is 5.97 Å². The second-order valence-corrected chi connectivity index (χ2v) is 7.42. The van der Waals surface area contributed by atoms with Crippen molar-refractivity contribution in [2.75, 3.05) is 19.2 Å². The first-order chi connectivity index (χ1) is 14.2. The van der Waals surface area contributed by atoms with Gasteiger partial charge in [-0.3, -0.25) is 9.59 Å². The Hall–Kier alpha value is -3.00. The number of ketones is 1. The van der Waals surface area contributed by atoms with Crippen molar-refractivity contribution >= 4 is 34.5 Å². The zero-order valence-electron chi connectivity index (χ0n) is 15.9. The van der Waals surface area contributed by atoms with Crippen LogP contribution in [0.2, 0.25) is 0 Å². The van der Waals surface area contributed by atoms with Crippen LogP contribution in [0.4, 0.5) is 0 Å². The molecule has 0 fully saturated rings. The van der Waals surface area contributed by atoms with Gasteiger partial charge in [-0.2, -0.15) is 0 Å². The zero-order chi connectivity index (χ0) is 20.2. The van der Waals surface area contributed by atoms with E-state index in [1.54, 1.807) is 18.2 Å². The molecule has 0 spiro atoms.